The molecule has 1 aromatic heterocycles. The number of hydrogen-bond donors (Lipinski definition) is 1. The van der Waals surface area contributed by atoms with Crippen molar-refractivity contribution < 1.29 is 9.90 Å². The van der Waals surface area contributed by atoms with Crippen LogP contribution in [0.2, 0.25) is 0 Å². The highest BCUT2D eigenvalue weighted by Gasteiger charge is 2.20. The van der Waals surface area contributed by atoms with Crippen molar-refractivity contribution in [1.82, 2.24) is 4.90 Å². The molecule has 0 spiro atoms. The topological polar surface area (TPSA) is 40.5 Å². The van der Waals surface area contributed by atoms with Crippen LogP contribution in [0.4, 0.5) is 4.79 Å². The third kappa shape index (κ3) is 1.18. The van der Waals surface area contributed by atoms with Crippen molar-refractivity contribution >= 4 is 17.4 Å². The number of hydrogen-bond acceptors (Lipinski definition) is 2. The van der Waals surface area contributed by atoms with E-state index in [0.717, 1.165) is 6.42 Å². The van der Waals surface area contributed by atoms with Crippen LogP contribution >= 0.6 is 11.3 Å². The number of carbonyl (C=O) groups is 1. The van der Waals surface area contributed by atoms with E-state index in [2.05, 4.69) is 0 Å². The molecule has 0 aromatic carbocycles. The van der Waals surface area contributed by atoms with Crippen LogP contribution in [0, 0.1) is 0 Å². The van der Waals surface area contributed by atoms with Crippen molar-refractivity contribution in [2.24, 2.45) is 0 Å². The average Bonchev–Trinajstić information content (AvgIpc) is 2.49. The Morgan fingerprint density at radius 3 is 3.25 bits per heavy atom. The second kappa shape index (κ2) is 2.79. The zero-order valence-corrected chi connectivity index (χ0v) is 7.30. The number of amides is 1. The number of fused-ring (bicyclic) bond motifs is 1. The van der Waals surface area contributed by atoms with Gasteiger partial charge in [-0.15, -0.1) is 11.3 Å². The summed E-state index contributed by atoms with van der Waals surface area (Å²) in [6.45, 7) is 1.21. The van der Waals surface area contributed by atoms with Crippen LogP contribution in [0.1, 0.15) is 10.4 Å². The van der Waals surface area contributed by atoms with E-state index in [1.807, 2.05) is 11.4 Å². The summed E-state index contributed by atoms with van der Waals surface area (Å²) >= 11 is 1.72. The standard InChI is InChI=1S/C8H9NO2S/c10-8(11)9-3-1-7-6(5-9)2-4-12-7/h2,4H,1,3,5H2,(H,10,11). The Morgan fingerprint density at radius 1 is 1.67 bits per heavy atom. The molecule has 3 nitrogen and oxygen atoms in total. The highest BCUT2D eigenvalue weighted by atomic mass is 32.1. The van der Waals surface area contributed by atoms with E-state index in [-0.39, 0.29) is 0 Å². The lowest BCUT2D eigenvalue weighted by molar-refractivity contribution is 0.140. The van der Waals surface area contributed by atoms with E-state index < -0.39 is 6.09 Å². The van der Waals surface area contributed by atoms with Crippen LogP contribution in [0.25, 0.3) is 0 Å². The van der Waals surface area contributed by atoms with Gasteiger partial charge in [0.25, 0.3) is 0 Å². The largest absolute Gasteiger partial charge is 0.465 e. The molecule has 0 bridgehead atoms. The molecule has 1 N–H and O–H groups in total. The van der Waals surface area contributed by atoms with E-state index >= 15 is 0 Å². The van der Waals surface area contributed by atoms with Gasteiger partial charge in [-0.25, -0.2) is 4.79 Å². The molecule has 1 aromatic rings. The molecular weight excluding hydrogens is 174 g/mol. The fourth-order valence-electron chi connectivity index (χ4n) is 1.41. The van der Waals surface area contributed by atoms with Gasteiger partial charge in [-0.3, -0.25) is 0 Å². The molecule has 0 fully saturated rings. The Kier molecular flexibility index (Phi) is 1.77. The molecule has 0 radical (unpaired) electrons. The smallest absolute Gasteiger partial charge is 0.407 e. The van der Waals surface area contributed by atoms with E-state index in [1.54, 1.807) is 11.3 Å². The maximum Gasteiger partial charge on any atom is 0.407 e. The predicted octanol–water partition coefficient (Wildman–Crippen LogP) is 1.78. The Bertz CT molecular complexity index is 308. The first-order chi connectivity index (χ1) is 5.77. The fraction of sp³-hybridized carbons (Fsp3) is 0.375. The summed E-state index contributed by atoms with van der Waals surface area (Å²) in [5.41, 5.74) is 1.17. The van der Waals surface area contributed by atoms with Crippen LogP contribution in [-0.4, -0.2) is 22.6 Å². The predicted molar refractivity (Wildman–Crippen MR) is 46.5 cm³/mol. The molecule has 2 rings (SSSR count). The summed E-state index contributed by atoms with van der Waals surface area (Å²) in [4.78, 5) is 13.4. The molecular formula is C8H9NO2S. The van der Waals surface area contributed by atoms with Crippen molar-refractivity contribution in [3.63, 3.8) is 0 Å². The monoisotopic (exact) mass is 183 g/mol. The number of nitrogens with zero attached hydrogens (tertiary/aromatic N) is 1. The van der Waals surface area contributed by atoms with Crippen LogP contribution in [0.15, 0.2) is 11.4 Å². The normalized spacial score (nSPS) is 15.8. The lowest BCUT2D eigenvalue weighted by atomic mass is 10.1. The minimum Gasteiger partial charge on any atom is -0.465 e. The quantitative estimate of drug-likeness (QED) is 0.666. The second-order valence-electron chi connectivity index (χ2n) is 2.82. The Balaban J connectivity index is 2.20. The molecule has 64 valence electrons. The maximum atomic E-state index is 10.6. The van der Waals surface area contributed by atoms with Crippen molar-refractivity contribution in [2.45, 2.75) is 13.0 Å². The number of carboxylic acid groups (broad SMARTS) is 1. The van der Waals surface area contributed by atoms with Gasteiger partial charge in [-0.05, 0) is 23.4 Å². The minimum absolute atomic E-state index is 0.564. The van der Waals surface area contributed by atoms with Gasteiger partial charge in [0.15, 0.2) is 0 Å². The van der Waals surface area contributed by atoms with Crippen LogP contribution < -0.4 is 0 Å². The molecule has 1 amide bonds. The first kappa shape index (κ1) is 7.61. The molecule has 2 heterocycles. The maximum absolute atomic E-state index is 10.6. The third-order valence-electron chi connectivity index (χ3n) is 2.08. The molecule has 0 atom stereocenters. The molecule has 12 heavy (non-hydrogen) atoms. The van der Waals surface area contributed by atoms with Gasteiger partial charge in [0.2, 0.25) is 0 Å². The van der Waals surface area contributed by atoms with Gasteiger partial charge in [-0.2, -0.15) is 0 Å². The first-order valence-electron chi connectivity index (χ1n) is 3.80. The molecule has 1 aliphatic rings. The summed E-state index contributed by atoms with van der Waals surface area (Å²) in [6, 6.07) is 2.01. The van der Waals surface area contributed by atoms with Crippen molar-refractivity contribution in [1.29, 1.82) is 0 Å². The highest BCUT2D eigenvalue weighted by molar-refractivity contribution is 7.10. The minimum atomic E-state index is -0.813. The molecule has 0 aliphatic carbocycles. The molecule has 0 saturated heterocycles. The Morgan fingerprint density at radius 2 is 2.50 bits per heavy atom. The van der Waals surface area contributed by atoms with Gasteiger partial charge in [0.1, 0.15) is 0 Å². The Hall–Kier alpha value is -1.03. The summed E-state index contributed by atoms with van der Waals surface area (Å²) in [6.07, 6.45) is 0.0612. The average molecular weight is 183 g/mol. The van der Waals surface area contributed by atoms with Crippen LogP contribution in [0.3, 0.4) is 0 Å². The van der Waals surface area contributed by atoms with Gasteiger partial charge in [0.05, 0.1) is 6.54 Å². The zero-order valence-electron chi connectivity index (χ0n) is 6.49. The van der Waals surface area contributed by atoms with E-state index in [1.165, 1.54) is 15.3 Å². The first-order valence-corrected chi connectivity index (χ1v) is 4.68. The van der Waals surface area contributed by atoms with Crippen molar-refractivity contribution in [2.75, 3.05) is 6.54 Å². The number of thiophene rings is 1. The van der Waals surface area contributed by atoms with E-state index in [0.29, 0.717) is 13.1 Å². The van der Waals surface area contributed by atoms with Gasteiger partial charge < -0.3 is 10.0 Å². The summed E-state index contributed by atoms with van der Waals surface area (Å²) in [5, 5.41) is 10.8. The van der Waals surface area contributed by atoms with Crippen molar-refractivity contribution in [3.05, 3.63) is 21.9 Å². The zero-order chi connectivity index (χ0) is 8.55. The summed E-state index contributed by atoms with van der Waals surface area (Å²) < 4.78 is 0. The van der Waals surface area contributed by atoms with Crippen LogP contribution in [0.5, 0.6) is 0 Å². The summed E-state index contributed by atoms with van der Waals surface area (Å²) in [5.74, 6) is 0. The molecule has 4 heteroatoms. The van der Waals surface area contributed by atoms with Crippen LogP contribution in [-0.2, 0) is 13.0 Å². The highest BCUT2D eigenvalue weighted by Crippen LogP contribution is 2.23. The van der Waals surface area contributed by atoms with E-state index in [4.69, 9.17) is 5.11 Å². The molecule has 1 aliphatic heterocycles. The molecule has 0 unspecified atom stereocenters. The second-order valence-corrected chi connectivity index (χ2v) is 3.82. The fourth-order valence-corrected chi connectivity index (χ4v) is 2.30. The SMILES string of the molecule is O=C(O)N1CCc2sccc2C1. The number of rotatable bonds is 0. The third-order valence-corrected chi connectivity index (χ3v) is 3.10. The summed E-state index contributed by atoms with van der Waals surface area (Å²) in [7, 11) is 0. The lowest BCUT2D eigenvalue weighted by Gasteiger charge is -2.23. The van der Waals surface area contributed by atoms with Crippen molar-refractivity contribution in [3.8, 4) is 0 Å². The van der Waals surface area contributed by atoms with Gasteiger partial charge in [0, 0.05) is 11.4 Å². The van der Waals surface area contributed by atoms with Gasteiger partial charge in [-0.1, -0.05) is 0 Å². The van der Waals surface area contributed by atoms with E-state index in [9.17, 15) is 4.79 Å². The Labute approximate surface area is 74.2 Å². The lowest BCUT2D eigenvalue weighted by Crippen LogP contribution is -2.33. The van der Waals surface area contributed by atoms with Gasteiger partial charge >= 0.3 is 6.09 Å². The molecule has 0 saturated carbocycles.